The van der Waals surface area contributed by atoms with Crippen molar-refractivity contribution < 1.29 is 19.1 Å². The van der Waals surface area contributed by atoms with Crippen LogP contribution in [0.25, 0.3) is 0 Å². The van der Waals surface area contributed by atoms with Gasteiger partial charge in [0.2, 0.25) is 0 Å². The molecule has 4 saturated carbocycles. The summed E-state index contributed by atoms with van der Waals surface area (Å²) >= 11 is 0. The summed E-state index contributed by atoms with van der Waals surface area (Å²) in [6, 6.07) is 0. The predicted molar refractivity (Wildman–Crippen MR) is 103 cm³/mol. The van der Waals surface area contributed by atoms with Crippen LogP contribution in [0.1, 0.15) is 72.1 Å². The van der Waals surface area contributed by atoms with Gasteiger partial charge >= 0.3 is 5.97 Å². The van der Waals surface area contributed by atoms with Crippen molar-refractivity contribution in [2.75, 3.05) is 7.11 Å². The third-order valence-corrected chi connectivity index (χ3v) is 8.99. The largest absolute Gasteiger partial charge is 0.434 e. The third-order valence-electron chi connectivity index (χ3n) is 8.99. The summed E-state index contributed by atoms with van der Waals surface area (Å²) in [6.07, 6.45) is 10.6. The van der Waals surface area contributed by atoms with Crippen LogP contribution >= 0.6 is 0 Å². The average Bonchev–Trinajstić information content (AvgIpc) is 2.96. The molecule has 0 aromatic rings. The van der Waals surface area contributed by atoms with Gasteiger partial charge in [0.15, 0.2) is 5.78 Å². The first-order chi connectivity index (χ1) is 12.8. The lowest BCUT2D eigenvalue weighted by atomic mass is 9.45. The number of carbonyl (C=O) groups is 2. The predicted octanol–water partition coefficient (Wildman–Crippen LogP) is 4.67. The minimum absolute atomic E-state index is 0.148. The van der Waals surface area contributed by atoms with Crippen LogP contribution in [0.3, 0.4) is 0 Å². The Morgan fingerprint density at radius 2 is 1.81 bits per heavy atom. The molecule has 4 nitrogen and oxygen atoms in total. The van der Waals surface area contributed by atoms with Crippen LogP contribution in [-0.2, 0) is 19.1 Å². The number of fused-ring (bicyclic) bond motifs is 5. The molecule has 2 unspecified atom stereocenters. The Bertz CT molecular complexity index is 667. The van der Waals surface area contributed by atoms with E-state index in [4.69, 9.17) is 9.47 Å². The van der Waals surface area contributed by atoms with Crippen LogP contribution in [0.15, 0.2) is 11.8 Å². The van der Waals surface area contributed by atoms with Crippen molar-refractivity contribution in [2.45, 2.75) is 78.2 Å². The van der Waals surface area contributed by atoms with Gasteiger partial charge in [-0.2, -0.15) is 0 Å². The summed E-state index contributed by atoms with van der Waals surface area (Å²) in [5, 5.41) is 0. The van der Waals surface area contributed by atoms with Crippen LogP contribution < -0.4 is 0 Å². The number of esters is 1. The highest BCUT2D eigenvalue weighted by Gasteiger charge is 2.60. The number of Topliss-reactive ketones (excluding diaryl/α,β-unsaturated/α-hetero) is 1. The first kappa shape index (κ1) is 19.2. The molecule has 0 saturated heterocycles. The molecule has 4 heteroatoms. The molecular weight excluding hydrogens is 340 g/mol. The maximum absolute atomic E-state index is 12.6. The zero-order valence-electron chi connectivity index (χ0n) is 17.3. The Hall–Kier alpha value is -1.16. The summed E-state index contributed by atoms with van der Waals surface area (Å²) in [6.45, 7) is 6.26. The molecule has 0 spiro atoms. The summed E-state index contributed by atoms with van der Waals surface area (Å²) in [5.74, 6) is 2.46. The first-order valence-electron chi connectivity index (χ1n) is 10.7. The highest BCUT2D eigenvalue weighted by Crippen LogP contribution is 2.66. The molecule has 4 fully saturated rings. The van der Waals surface area contributed by atoms with Crippen molar-refractivity contribution in [3.8, 4) is 0 Å². The number of ether oxygens (including phenoxy) is 2. The van der Waals surface area contributed by atoms with Gasteiger partial charge in [0.05, 0.1) is 6.10 Å². The quantitative estimate of drug-likeness (QED) is 0.400. The molecule has 4 aliphatic carbocycles. The Labute approximate surface area is 163 Å². The summed E-state index contributed by atoms with van der Waals surface area (Å²) < 4.78 is 11.0. The van der Waals surface area contributed by atoms with E-state index in [2.05, 4.69) is 13.8 Å². The van der Waals surface area contributed by atoms with Crippen LogP contribution in [0.4, 0.5) is 0 Å². The molecule has 0 heterocycles. The van der Waals surface area contributed by atoms with E-state index in [1.165, 1.54) is 45.3 Å². The second-order valence-corrected chi connectivity index (χ2v) is 10.1. The van der Waals surface area contributed by atoms with E-state index < -0.39 is 0 Å². The monoisotopic (exact) mass is 374 g/mol. The Morgan fingerprint density at radius 3 is 2.52 bits per heavy atom. The second-order valence-electron chi connectivity index (χ2n) is 10.1. The summed E-state index contributed by atoms with van der Waals surface area (Å²) in [7, 11) is 1.88. The zero-order chi connectivity index (χ0) is 19.4. The Morgan fingerprint density at radius 1 is 1.07 bits per heavy atom. The van der Waals surface area contributed by atoms with E-state index in [0.29, 0.717) is 29.8 Å². The van der Waals surface area contributed by atoms with Crippen molar-refractivity contribution in [1.29, 1.82) is 0 Å². The molecular formula is C23H34O4. The highest BCUT2D eigenvalue weighted by molar-refractivity contribution is 5.96. The molecule has 150 valence electrons. The maximum Gasteiger partial charge on any atom is 0.307 e. The lowest BCUT2D eigenvalue weighted by Gasteiger charge is -2.60. The Balaban J connectivity index is 1.61. The third kappa shape index (κ3) is 2.90. The number of hydrogen-bond acceptors (Lipinski definition) is 4. The van der Waals surface area contributed by atoms with Gasteiger partial charge in [0.1, 0.15) is 6.26 Å². The van der Waals surface area contributed by atoms with Crippen molar-refractivity contribution in [1.82, 2.24) is 0 Å². The fraction of sp³-hybridized carbons (Fsp3) is 0.826. The van der Waals surface area contributed by atoms with Crippen molar-refractivity contribution in [3.63, 3.8) is 0 Å². The van der Waals surface area contributed by atoms with Gasteiger partial charge in [-0.05, 0) is 79.4 Å². The lowest BCUT2D eigenvalue weighted by molar-refractivity contribution is -0.138. The van der Waals surface area contributed by atoms with Crippen LogP contribution in [0.5, 0.6) is 0 Å². The number of methoxy groups -OCH3 is 1. The Kier molecular flexibility index (Phi) is 4.77. The van der Waals surface area contributed by atoms with E-state index in [9.17, 15) is 9.59 Å². The van der Waals surface area contributed by atoms with Crippen LogP contribution in [0.2, 0.25) is 0 Å². The molecule has 0 radical (unpaired) electrons. The molecule has 0 bridgehead atoms. The van der Waals surface area contributed by atoms with E-state index in [1.54, 1.807) is 0 Å². The SMILES string of the molecule is COC1CC[C@H]2[C@@H]3CCC4CC(=O)C(=COC(C)=O)C[C@]4(C)[C@@H]3CC[C@]12C. The molecule has 0 aromatic heterocycles. The zero-order valence-corrected chi connectivity index (χ0v) is 17.3. The van der Waals surface area contributed by atoms with Gasteiger partial charge < -0.3 is 9.47 Å². The van der Waals surface area contributed by atoms with Gasteiger partial charge in [-0.15, -0.1) is 0 Å². The standard InChI is InChI=1S/C23H34O4/c1-14(24)27-13-15-12-23(3)16(11-20(15)25)5-6-17-18-7-8-21(26-4)22(18,2)10-9-19(17)23/h13,16-19,21H,5-12H2,1-4H3/t16?,17-,18-,19+,21?,22-,23-/m0/s1. The maximum atomic E-state index is 12.6. The van der Waals surface area contributed by atoms with Gasteiger partial charge in [-0.3, -0.25) is 9.59 Å². The number of ketones is 1. The van der Waals surface area contributed by atoms with E-state index in [-0.39, 0.29) is 17.2 Å². The van der Waals surface area contributed by atoms with E-state index in [1.807, 2.05) is 7.11 Å². The lowest BCUT2D eigenvalue weighted by Crippen LogP contribution is -2.54. The van der Waals surface area contributed by atoms with Crippen molar-refractivity contribution in [2.24, 2.45) is 34.5 Å². The molecule has 4 rings (SSSR count). The summed E-state index contributed by atoms with van der Waals surface area (Å²) in [5.41, 5.74) is 1.19. The minimum Gasteiger partial charge on any atom is -0.434 e. The number of carbonyl (C=O) groups excluding carboxylic acids is 2. The minimum atomic E-state index is -0.353. The smallest absolute Gasteiger partial charge is 0.307 e. The highest BCUT2D eigenvalue weighted by atomic mass is 16.5. The molecule has 4 aliphatic rings. The van der Waals surface area contributed by atoms with Gasteiger partial charge in [0.25, 0.3) is 0 Å². The fourth-order valence-corrected chi connectivity index (χ4v) is 7.61. The average molecular weight is 375 g/mol. The van der Waals surface area contributed by atoms with Gasteiger partial charge in [0, 0.05) is 26.0 Å². The van der Waals surface area contributed by atoms with E-state index in [0.717, 1.165) is 30.3 Å². The molecule has 7 atom stereocenters. The topological polar surface area (TPSA) is 52.6 Å². The van der Waals surface area contributed by atoms with E-state index >= 15 is 0 Å². The van der Waals surface area contributed by atoms with Crippen LogP contribution in [0, 0.1) is 34.5 Å². The molecule has 0 amide bonds. The number of allylic oxidation sites excluding steroid dienone is 1. The van der Waals surface area contributed by atoms with Crippen molar-refractivity contribution in [3.05, 3.63) is 11.8 Å². The van der Waals surface area contributed by atoms with Crippen molar-refractivity contribution >= 4 is 11.8 Å². The molecule has 27 heavy (non-hydrogen) atoms. The molecule has 0 aliphatic heterocycles. The first-order valence-corrected chi connectivity index (χ1v) is 10.7. The van der Waals surface area contributed by atoms with Crippen LogP contribution in [-0.4, -0.2) is 25.0 Å². The summed E-state index contributed by atoms with van der Waals surface area (Å²) in [4.78, 5) is 23.8. The fourth-order valence-electron chi connectivity index (χ4n) is 7.61. The number of rotatable bonds is 2. The number of hydrogen-bond donors (Lipinski definition) is 0. The molecule has 0 aromatic carbocycles. The second kappa shape index (κ2) is 6.72. The van der Waals surface area contributed by atoms with Gasteiger partial charge in [-0.25, -0.2) is 0 Å². The normalized spacial score (nSPS) is 47.9. The van der Waals surface area contributed by atoms with Gasteiger partial charge in [-0.1, -0.05) is 13.8 Å². The molecule has 0 N–H and O–H groups in total.